The molecule has 0 aliphatic rings. The van der Waals surface area contributed by atoms with E-state index in [1.54, 1.807) is 52.1 Å². The number of ether oxygens (including phenoxy) is 3. The number of halogens is 1. The Balaban J connectivity index is 2.48. The fourth-order valence-corrected chi connectivity index (χ4v) is 2.33. The quantitative estimate of drug-likeness (QED) is 0.703. The molecular weight excluding hydrogens is 356 g/mol. The van der Waals surface area contributed by atoms with Gasteiger partial charge >= 0.3 is 6.09 Å². The average Bonchev–Trinajstić information content (AvgIpc) is 2.59. The van der Waals surface area contributed by atoms with Gasteiger partial charge in [-0.15, -0.1) is 0 Å². The monoisotopic (exact) mass is 381 g/mol. The molecular formula is C19H23ClN2O4. The third-order valence-electron chi connectivity index (χ3n) is 3.33. The van der Waals surface area contributed by atoms with Gasteiger partial charge in [0, 0.05) is 6.07 Å². The van der Waals surface area contributed by atoms with Crippen LogP contribution in [0.5, 0.6) is 11.5 Å². The van der Waals surface area contributed by atoms with E-state index < -0.39 is 18.7 Å². The summed E-state index contributed by atoms with van der Waals surface area (Å²) in [6.45, 7) is 5.28. The first-order valence-corrected chi connectivity index (χ1v) is 8.24. The first-order chi connectivity index (χ1) is 13.4. The Morgan fingerprint density at radius 3 is 2.54 bits per heavy atom. The number of nitrogens with zero attached hydrogens (tertiary/aromatic N) is 2. The fraction of sp³-hybridized carbons (Fsp3) is 0.368. The molecule has 0 bridgehead atoms. The van der Waals surface area contributed by atoms with Crippen LogP contribution in [0.25, 0.3) is 0 Å². The number of methoxy groups -OCH3 is 2. The second-order valence-corrected chi connectivity index (χ2v) is 6.88. The SMILES string of the molecule is [2H]C([2H])([2H])Oc1cnc(Cl)cc1N(Cc1ccc(OC)cc1)C(=O)OC(C)(C)C. The molecule has 0 fully saturated rings. The van der Waals surface area contributed by atoms with Gasteiger partial charge in [0.25, 0.3) is 0 Å². The molecule has 0 atom stereocenters. The number of pyridine rings is 1. The lowest BCUT2D eigenvalue weighted by atomic mass is 10.2. The van der Waals surface area contributed by atoms with E-state index in [1.807, 2.05) is 0 Å². The summed E-state index contributed by atoms with van der Waals surface area (Å²) >= 11 is 6.01. The van der Waals surface area contributed by atoms with E-state index in [9.17, 15) is 4.79 Å². The molecule has 1 aromatic carbocycles. The standard InChI is InChI=1S/C19H23ClN2O4/c1-19(2,3)26-18(23)22(12-13-6-8-14(24-4)9-7-13)15-10-17(20)21-11-16(15)25-5/h6-11H,12H2,1-5H3/i5D3. The second-order valence-electron chi connectivity index (χ2n) is 6.49. The Labute approximate surface area is 162 Å². The van der Waals surface area contributed by atoms with Crippen LogP contribution in [0.1, 0.15) is 30.4 Å². The van der Waals surface area contributed by atoms with E-state index >= 15 is 0 Å². The van der Waals surface area contributed by atoms with Gasteiger partial charge in [0.2, 0.25) is 0 Å². The molecule has 2 rings (SSSR count). The number of anilines is 1. The largest absolute Gasteiger partial charge is 0.497 e. The number of carbonyl (C=O) groups is 1. The maximum atomic E-state index is 12.9. The Morgan fingerprint density at radius 1 is 1.27 bits per heavy atom. The Bertz CT molecular complexity index is 852. The van der Waals surface area contributed by atoms with Crippen LogP contribution in [-0.2, 0) is 11.3 Å². The zero-order chi connectivity index (χ0) is 21.8. The van der Waals surface area contributed by atoms with Crippen molar-refractivity contribution in [1.29, 1.82) is 0 Å². The Morgan fingerprint density at radius 2 is 1.96 bits per heavy atom. The van der Waals surface area contributed by atoms with Crippen LogP contribution in [-0.4, -0.2) is 30.8 Å². The third kappa shape index (κ3) is 5.26. The molecule has 1 heterocycles. The molecule has 26 heavy (non-hydrogen) atoms. The third-order valence-corrected chi connectivity index (χ3v) is 3.53. The molecule has 0 saturated carbocycles. The molecule has 0 aliphatic carbocycles. The van der Waals surface area contributed by atoms with Crippen molar-refractivity contribution >= 4 is 23.4 Å². The highest BCUT2D eigenvalue weighted by molar-refractivity contribution is 6.29. The van der Waals surface area contributed by atoms with Gasteiger partial charge < -0.3 is 14.2 Å². The lowest BCUT2D eigenvalue weighted by molar-refractivity contribution is 0.0576. The number of carbonyl (C=O) groups excluding carboxylic acids is 1. The molecule has 1 amide bonds. The molecule has 0 spiro atoms. The molecule has 1 aromatic heterocycles. The summed E-state index contributed by atoms with van der Waals surface area (Å²) in [6.07, 6.45) is 0.473. The van der Waals surface area contributed by atoms with Crippen LogP contribution in [0.3, 0.4) is 0 Å². The highest BCUT2D eigenvalue weighted by Gasteiger charge is 2.26. The first kappa shape index (κ1) is 15.8. The maximum absolute atomic E-state index is 12.9. The van der Waals surface area contributed by atoms with E-state index in [-0.39, 0.29) is 23.1 Å². The number of amides is 1. The smallest absolute Gasteiger partial charge is 0.415 e. The van der Waals surface area contributed by atoms with Gasteiger partial charge in [-0.1, -0.05) is 23.7 Å². The molecule has 0 N–H and O–H groups in total. The number of benzene rings is 1. The van der Waals surface area contributed by atoms with E-state index in [0.717, 1.165) is 11.8 Å². The summed E-state index contributed by atoms with van der Waals surface area (Å²) < 4.78 is 37.8. The van der Waals surface area contributed by atoms with Crippen molar-refractivity contribution < 1.29 is 23.1 Å². The van der Waals surface area contributed by atoms with Crippen LogP contribution in [0.4, 0.5) is 10.5 Å². The number of hydrogen-bond acceptors (Lipinski definition) is 5. The van der Waals surface area contributed by atoms with E-state index in [4.69, 9.17) is 29.9 Å². The predicted octanol–water partition coefficient (Wildman–Crippen LogP) is 4.69. The zero-order valence-electron chi connectivity index (χ0n) is 18.1. The van der Waals surface area contributed by atoms with Crippen LogP contribution >= 0.6 is 11.6 Å². The number of rotatable bonds is 5. The van der Waals surface area contributed by atoms with Crippen LogP contribution in [0.2, 0.25) is 5.15 Å². The highest BCUT2D eigenvalue weighted by atomic mass is 35.5. The van der Waals surface area contributed by atoms with Gasteiger partial charge in [-0.3, -0.25) is 4.90 Å². The second kappa shape index (κ2) is 8.27. The van der Waals surface area contributed by atoms with E-state index in [1.165, 1.54) is 11.0 Å². The molecule has 140 valence electrons. The lowest BCUT2D eigenvalue weighted by Crippen LogP contribution is -2.36. The molecule has 0 saturated heterocycles. The van der Waals surface area contributed by atoms with Gasteiger partial charge in [-0.05, 0) is 38.5 Å². The summed E-state index contributed by atoms with van der Waals surface area (Å²) in [5, 5.41) is 0.0705. The van der Waals surface area contributed by atoms with Crippen molar-refractivity contribution in [2.24, 2.45) is 0 Å². The topological polar surface area (TPSA) is 60.9 Å². The highest BCUT2D eigenvalue weighted by Crippen LogP contribution is 2.32. The van der Waals surface area contributed by atoms with E-state index in [0.29, 0.717) is 5.75 Å². The Kier molecular flexibility index (Phi) is 5.01. The summed E-state index contributed by atoms with van der Waals surface area (Å²) in [7, 11) is -1.18. The van der Waals surface area contributed by atoms with Crippen molar-refractivity contribution in [1.82, 2.24) is 4.98 Å². The van der Waals surface area contributed by atoms with Crippen LogP contribution in [0.15, 0.2) is 36.5 Å². The molecule has 2 aromatic rings. The molecule has 6 nitrogen and oxygen atoms in total. The fourth-order valence-electron chi connectivity index (χ4n) is 2.18. The van der Waals surface area contributed by atoms with Gasteiger partial charge in [-0.25, -0.2) is 9.78 Å². The molecule has 7 heteroatoms. The normalized spacial score (nSPS) is 13.2. The maximum Gasteiger partial charge on any atom is 0.415 e. The molecule has 0 unspecified atom stereocenters. The van der Waals surface area contributed by atoms with Crippen molar-refractivity contribution in [2.75, 3.05) is 19.0 Å². The van der Waals surface area contributed by atoms with Crippen molar-refractivity contribution in [3.63, 3.8) is 0 Å². The van der Waals surface area contributed by atoms with Crippen molar-refractivity contribution in [2.45, 2.75) is 32.9 Å². The van der Waals surface area contributed by atoms with Gasteiger partial charge in [-0.2, -0.15) is 0 Å². The summed E-state index contributed by atoms with van der Waals surface area (Å²) in [4.78, 5) is 18.1. The number of hydrogen-bond donors (Lipinski definition) is 0. The Hall–Kier alpha value is -2.47. The van der Waals surface area contributed by atoms with Crippen molar-refractivity contribution in [3.05, 3.63) is 47.2 Å². The molecule has 0 aliphatic heterocycles. The minimum atomic E-state index is -2.73. The van der Waals surface area contributed by atoms with Crippen LogP contribution < -0.4 is 14.4 Å². The molecule has 0 radical (unpaired) electrons. The van der Waals surface area contributed by atoms with E-state index in [2.05, 4.69) is 4.98 Å². The number of aromatic nitrogens is 1. The van der Waals surface area contributed by atoms with Gasteiger partial charge in [0.05, 0.1) is 36.7 Å². The van der Waals surface area contributed by atoms with Crippen LogP contribution in [0, 0.1) is 0 Å². The van der Waals surface area contributed by atoms with Crippen molar-refractivity contribution in [3.8, 4) is 11.5 Å². The van der Waals surface area contributed by atoms with Gasteiger partial charge in [0.1, 0.15) is 16.5 Å². The summed E-state index contributed by atoms with van der Waals surface area (Å²) in [6, 6.07) is 8.42. The lowest BCUT2D eigenvalue weighted by Gasteiger charge is -2.28. The minimum absolute atomic E-state index is 0.0705. The van der Waals surface area contributed by atoms with Gasteiger partial charge in [0.15, 0.2) is 5.75 Å². The summed E-state index contributed by atoms with van der Waals surface area (Å²) in [5.41, 5.74) is 0.118. The first-order valence-electron chi connectivity index (χ1n) is 9.36. The average molecular weight is 382 g/mol. The minimum Gasteiger partial charge on any atom is -0.497 e. The summed E-state index contributed by atoms with van der Waals surface area (Å²) in [5.74, 6) is 0.546. The zero-order valence-corrected chi connectivity index (χ0v) is 15.8. The predicted molar refractivity (Wildman–Crippen MR) is 101 cm³/mol.